The average Bonchev–Trinajstić information content (AvgIpc) is 2.71. The van der Waals surface area contributed by atoms with Crippen LogP contribution >= 0.6 is 0 Å². The zero-order valence-electron chi connectivity index (χ0n) is 16.6. The fraction of sp³-hybridized carbons (Fsp3) is 0.238. The molecule has 0 unspecified atom stereocenters. The lowest BCUT2D eigenvalue weighted by atomic mass is 10.1. The van der Waals surface area contributed by atoms with E-state index in [1.807, 2.05) is 30.3 Å². The standard InChI is InChI=1S/C21H21NO6.ClH/c1-25-17-6-5-13(8-18(17)26-2)16-7-14-9-19(27-3)20(28-4)10-15(14)11-22(16)12-21(23)24;/h5-11H,12H2,1-4H3;1H. The van der Waals surface area contributed by atoms with Crippen LogP contribution in [0.4, 0.5) is 0 Å². The number of aliphatic carboxylic acids is 1. The highest BCUT2D eigenvalue weighted by molar-refractivity contribution is 5.87. The van der Waals surface area contributed by atoms with Crippen molar-refractivity contribution >= 4 is 16.7 Å². The molecular weight excluding hydrogens is 398 g/mol. The van der Waals surface area contributed by atoms with Gasteiger partial charge in [0, 0.05) is 11.5 Å². The number of rotatable bonds is 7. The number of pyridine rings is 1. The first-order valence-electron chi connectivity index (χ1n) is 8.54. The lowest BCUT2D eigenvalue weighted by Crippen LogP contribution is -3.00. The molecule has 1 aromatic heterocycles. The van der Waals surface area contributed by atoms with Crippen LogP contribution in [0.1, 0.15) is 0 Å². The Kier molecular flexibility index (Phi) is 7.12. The van der Waals surface area contributed by atoms with E-state index < -0.39 is 5.97 Å². The maximum absolute atomic E-state index is 11.4. The van der Waals surface area contributed by atoms with Gasteiger partial charge in [0.15, 0.2) is 29.2 Å². The minimum Gasteiger partial charge on any atom is -1.00 e. The predicted molar refractivity (Wildman–Crippen MR) is 103 cm³/mol. The van der Waals surface area contributed by atoms with E-state index in [9.17, 15) is 9.90 Å². The van der Waals surface area contributed by atoms with Gasteiger partial charge in [0.1, 0.15) is 0 Å². The Morgan fingerprint density at radius 2 is 1.38 bits per heavy atom. The number of carboxylic acids is 1. The van der Waals surface area contributed by atoms with Crippen molar-refractivity contribution in [2.75, 3.05) is 28.4 Å². The van der Waals surface area contributed by atoms with E-state index in [0.29, 0.717) is 23.0 Å². The van der Waals surface area contributed by atoms with Gasteiger partial charge in [0.25, 0.3) is 0 Å². The molecule has 3 rings (SSSR count). The number of halogens is 1. The van der Waals surface area contributed by atoms with Gasteiger partial charge in [0.05, 0.1) is 34.0 Å². The molecule has 7 nitrogen and oxygen atoms in total. The quantitative estimate of drug-likeness (QED) is 0.540. The number of aromatic nitrogens is 1. The number of nitrogens with zero attached hydrogens (tertiary/aromatic N) is 1. The zero-order chi connectivity index (χ0) is 20.3. The summed E-state index contributed by atoms with van der Waals surface area (Å²) in [6, 6.07) is 11.1. The van der Waals surface area contributed by atoms with Crippen LogP contribution < -0.4 is 35.9 Å². The molecule has 0 aliphatic rings. The Morgan fingerprint density at radius 1 is 0.828 bits per heavy atom. The van der Waals surface area contributed by atoms with Crippen LogP contribution in [0.5, 0.6) is 23.0 Å². The third kappa shape index (κ3) is 4.46. The molecule has 0 bridgehead atoms. The molecule has 0 atom stereocenters. The van der Waals surface area contributed by atoms with Crippen molar-refractivity contribution in [3.05, 3.63) is 42.6 Å². The van der Waals surface area contributed by atoms with Crippen molar-refractivity contribution < 1.29 is 45.8 Å². The molecule has 0 spiro atoms. The summed E-state index contributed by atoms with van der Waals surface area (Å²) in [6.45, 7) is -0.187. The molecule has 2 aromatic carbocycles. The van der Waals surface area contributed by atoms with Crippen molar-refractivity contribution in [1.29, 1.82) is 0 Å². The van der Waals surface area contributed by atoms with Gasteiger partial charge in [-0.3, -0.25) is 0 Å². The molecule has 0 aliphatic heterocycles. The van der Waals surface area contributed by atoms with Gasteiger partial charge in [-0.05, 0) is 35.7 Å². The highest BCUT2D eigenvalue weighted by atomic mass is 35.5. The van der Waals surface area contributed by atoms with Crippen LogP contribution in [-0.4, -0.2) is 39.5 Å². The fourth-order valence-electron chi connectivity index (χ4n) is 3.14. The lowest BCUT2D eigenvalue weighted by Gasteiger charge is -2.12. The number of fused-ring (bicyclic) bond motifs is 1. The number of carbonyl (C=O) groups is 1. The number of hydrogen-bond acceptors (Lipinski definition) is 5. The lowest BCUT2D eigenvalue weighted by molar-refractivity contribution is -0.673. The second kappa shape index (κ2) is 9.34. The third-order valence-electron chi connectivity index (χ3n) is 4.47. The predicted octanol–water partition coefficient (Wildman–Crippen LogP) is -0.0827. The molecule has 1 N–H and O–H groups in total. The van der Waals surface area contributed by atoms with Gasteiger partial charge >= 0.3 is 5.97 Å². The minimum absolute atomic E-state index is 0. The van der Waals surface area contributed by atoms with E-state index in [1.165, 1.54) is 0 Å². The largest absolute Gasteiger partial charge is 1.00 e. The monoisotopic (exact) mass is 419 g/mol. The second-order valence-corrected chi connectivity index (χ2v) is 6.09. The number of methoxy groups -OCH3 is 4. The van der Waals surface area contributed by atoms with Crippen molar-refractivity contribution in [2.24, 2.45) is 0 Å². The molecule has 0 saturated heterocycles. The summed E-state index contributed by atoms with van der Waals surface area (Å²) in [5.74, 6) is 1.41. The number of ether oxygens (including phenoxy) is 4. The maximum atomic E-state index is 11.4. The Hall–Kier alpha value is -3.19. The Balaban J connectivity index is 0.00000300. The zero-order valence-corrected chi connectivity index (χ0v) is 17.3. The maximum Gasteiger partial charge on any atom is 0.370 e. The van der Waals surface area contributed by atoms with Crippen LogP contribution in [-0.2, 0) is 11.3 Å². The molecule has 154 valence electrons. The SMILES string of the molecule is COc1ccc(-c2cc3cc(OC)c(OC)cc3c[n+]2CC(=O)O)cc1OC.[Cl-]. The van der Waals surface area contributed by atoms with Crippen LogP contribution in [0, 0.1) is 0 Å². The molecule has 29 heavy (non-hydrogen) atoms. The molecule has 0 aliphatic carbocycles. The van der Waals surface area contributed by atoms with Crippen LogP contribution in [0.15, 0.2) is 42.6 Å². The van der Waals surface area contributed by atoms with Crippen molar-refractivity contribution in [3.8, 4) is 34.3 Å². The fourth-order valence-corrected chi connectivity index (χ4v) is 3.14. The van der Waals surface area contributed by atoms with Gasteiger partial charge in [-0.15, -0.1) is 0 Å². The normalized spacial score (nSPS) is 10.2. The van der Waals surface area contributed by atoms with Crippen molar-refractivity contribution in [1.82, 2.24) is 0 Å². The van der Waals surface area contributed by atoms with Crippen molar-refractivity contribution in [3.63, 3.8) is 0 Å². The van der Waals surface area contributed by atoms with Gasteiger partial charge in [0.2, 0.25) is 12.2 Å². The van der Waals surface area contributed by atoms with E-state index in [4.69, 9.17) is 18.9 Å². The summed E-state index contributed by atoms with van der Waals surface area (Å²) in [7, 11) is 6.27. The summed E-state index contributed by atoms with van der Waals surface area (Å²) < 4.78 is 23.1. The number of benzene rings is 2. The van der Waals surface area contributed by atoms with E-state index in [2.05, 4.69) is 0 Å². The molecule has 1 heterocycles. The average molecular weight is 420 g/mol. The van der Waals surface area contributed by atoms with E-state index >= 15 is 0 Å². The van der Waals surface area contributed by atoms with Gasteiger partial charge in [-0.1, -0.05) is 0 Å². The summed E-state index contributed by atoms with van der Waals surface area (Å²) >= 11 is 0. The third-order valence-corrected chi connectivity index (χ3v) is 4.47. The van der Waals surface area contributed by atoms with Crippen molar-refractivity contribution in [2.45, 2.75) is 6.54 Å². The first-order chi connectivity index (χ1) is 13.5. The summed E-state index contributed by atoms with van der Waals surface area (Å²) in [6.07, 6.45) is 1.79. The first-order valence-corrected chi connectivity index (χ1v) is 8.54. The highest BCUT2D eigenvalue weighted by Gasteiger charge is 2.21. The Bertz CT molecular complexity index is 1040. The second-order valence-electron chi connectivity index (χ2n) is 6.09. The molecular formula is C21H22ClNO6. The van der Waals surface area contributed by atoms with Crippen LogP contribution in [0.25, 0.3) is 22.0 Å². The summed E-state index contributed by atoms with van der Waals surface area (Å²) in [5.41, 5.74) is 1.53. The molecule has 0 saturated carbocycles. The van der Waals surface area contributed by atoms with E-state index in [1.54, 1.807) is 45.3 Å². The smallest absolute Gasteiger partial charge is 0.370 e. The topological polar surface area (TPSA) is 78.1 Å². The number of hydrogen-bond donors (Lipinski definition) is 1. The van der Waals surface area contributed by atoms with Crippen LogP contribution in [0.3, 0.4) is 0 Å². The number of carboxylic acid groups (broad SMARTS) is 1. The Morgan fingerprint density at radius 3 is 1.93 bits per heavy atom. The summed E-state index contributed by atoms with van der Waals surface area (Å²) in [4.78, 5) is 11.4. The minimum atomic E-state index is -0.938. The first kappa shape index (κ1) is 22.1. The van der Waals surface area contributed by atoms with E-state index in [-0.39, 0.29) is 19.0 Å². The van der Waals surface area contributed by atoms with Gasteiger partial charge < -0.3 is 36.5 Å². The van der Waals surface area contributed by atoms with Crippen LogP contribution in [0.2, 0.25) is 0 Å². The highest BCUT2D eigenvalue weighted by Crippen LogP contribution is 2.35. The molecule has 0 fully saturated rings. The molecule has 0 amide bonds. The molecule has 8 heteroatoms. The Labute approximate surface area is 174 Å². The molecule has 3 aromatic rings. The molecule has 0 radical (unpaired) electrons. The summed E-state index contributed by atoms with van der Waals surface area (Å²) in [5, 5.41) is 11.1. The van der Waals surface area contributed by atoms with E-state index in [0.717, 1.165) is 22.0 Å². The van der Waals surface area contributed by atoms with Gasteiger partial charge in [-0.25, -0.2) is 4.79 Å². The van der Waals surface area contributed by atoms with Gasteiger partial charge in [-0.2, -0.15) is 4.57 Å².